The van der Waals surface area contributed by atoms with E-state index in [0.29, 0.717) is 0 Å². The van der Waals surface area contributed by atoms with Crippen molar-refractivity contribution in [2.45, 2.75) is 36.6 Å². The van der Waals surface area contributed by atoms with Crippen LogP contribution < -0.4 is 58.7 Å². The van der Waals surface area contributed by atoms with Gasteiger partial charge in [-0.15, -0.1) is 0 Å². The van der Waals surface area contributed by atoms with E-state index in [2.05, 4.69) is 27.1 Å². The SMILES string of the molecule is O=P([O-])([O-])O[C@H]1[C@H](OP(=O)([O-])[O-])[C@@H](OP(=O)([O-])[O-])[C@H](OP(=O)([O-])[O-])[C@@H](OP(=O)([O-])[O-])[C@H]1OP(=O)([O-])[O-].[Zn+2].[Zn+2].[Zn+2].[Zn+2].[Zn+2].[Zn+2]. The Hall–Kier alpha value is 4.40. The van der Waals surface area contributed by atoms with E-state index in [4.69, 9.17) is 0 Å². The Morgan fingerprint density at radius 3 is 0.381 bits per heavy atom. The molecule has 1 aliphatic carbocycles. The van der Waals surface area contributed by atoms with Gasteiger partial charge in [0.05, 0.1) is 46.9 Å². The molecule has 1 rings (SSSR count). The molecule has 0 amide bonds. The minimum absolute atomic E-state index is 0. The van der Waals surface area contributed by atoms with Crippen LogP contribution in [0.1, 0.15) is 0 Å². The summed E-state index contributed by atoms with van der Waals surface area (Å²) in [6.07, 6.45) is -21.5. The fourth-order valence-electron chi connectivity index (χ4n) is 2.74. The second kappa shape index (κ2) is 21.6. The van der Waals surface area contributed by atoms with Crippen molar-refractivity contribution < 1.29 is 230 Å². The molecule has 0 aromatic carbocycles. The minimum atomic E-state index is -6.68. The van der Waals surface area contributed by atoms with Crippen molar-refractivity contribution in [2.24, 2.45) is 0 Å². The molecule has 0 atom stereocenters. The topological polar surface area (TPSA) is 435 Å². The summed E-state index contributed by atoms with van der Waals surface area (Å²) in [5, 5.41) is 0. The Balaban J connectivity index is -0.000000540. The van der Waals surface area contributed by atoms with E-state index in [1.54, 1.807) is 0 Å². The van der Waals surface area contributed by atoms with Crippen LogP contribution in [0.25, 0.3) is 0 Å². The Morgan fingerprint density at radius 2 is 0.333 bits per heavy atom. The molecule has 0 spiro atoms. The predicted molar refractivity (Wildman–Crippen MR) is 74.9 cm³/mol. The molecule has 0 radical (unpaired) electrons. The molecule has 216 valence electrons. The van der Waals surface area contributed by atoms with E-state index in [-0.39, 0.29) is 117 Å². The van der Waals surface area contributed by atoms with Gasteiger partial charge in [0, 0.05) is 0 Å². The molecule has 0 heterocycles. The van der Waals surface area contributed by atoms with Gasteiger partial charge in [0.25, 0.3) is 0 Å². The molecule has 24 nitrogen and oxygen atoms in total. The van der Waals surface area contributed by atoms with Crippen molar-refractivity contribution in [1.29, 1.82) is 0 Å². The third kappa shape index (κ3) is 24.5. The quantitative estimate of drug-likeness (QED) is 0.129. The zero-order chi connectivity index (χ0) is 28.7. The van der Waals surface area contributed by atoms with E-state index in [1.165, 1.54) is 0 Å². The molecule has 1 saturated carbocycles. The van der Waals surface area contributed by atoms with Crippen molar-refractivity contribution in [2.75, 3.05) is 0 Å². The first-order chi connectivity index (χ1) is 15.6. The molecule has 1 fully saturated rings. The van der Waals surface area contributed by atoms with Gasteiger partial charge in [-0.1, -0.05) is 0 Å². The summed E-state index contributed by atoms with van der Waals surface area (Å²) in [6, 6.07) is 0. The van der Waals surface area contributed by atoms with Crippen LogP contribution in [0.4, 0.5) is 0 Å². The monoisotopic (exact) mass is 1030 g/mol. The van der Waals surface area contributed by atoms with Crippen LogP contribution >= 0.6 is 46.9 Å². The van der Waals surface area contributed by atoms with E-state index >= 15 is 0 Å². The normalized spacial score (nSPS) is 25.1. The van der Waals surface area contributed by atoms with Crippen molar-refractivity contribution in [3.63, 3.8) is 0 Å². The first-order valence-electron chi connectivity index (χ1n) is 7.80. The van der Waals surface area contributed by atoms with Crippen LogP contribution in [0.3, 0.4) is 0 Å². The number of hydrogen-bond donors (Lipinski definition) is 0. The van der Waals surface area contributed by atoms with E-state index in [9.17, 15) is 86.1 Å². The zero-order valence-corrected chi connectivity index (χ0v) is 43.4. The maximum absolute atomic E-state index is 11.1. The molecule has 0 bridgehead atoms. The molecule has 42 heavy (non-hydrogen) atoms. The second-order valence-corrected chi connectivity index (χ2v) is 12.7. The third-order valence-electron chi connectivity index (χ3n) is 3.45. The smallest absolute Gasteiger partial charge is 0.790 e. The van der Waals surface area contributed by atoms with Crippen molar-refractivity contribution >= 4 is 46.9 Å². The Labute approximate surface area is 310 Å². The van der Waals surface area contributed by atoms with E-state index < -0.39 is 83.6 Å². The van der Waals surface area contributed by atoms with Gasteiger partial charge in [0.1, 0.15) is 36.6 Å². The standard InChI is InChI=1S/C6H18O24P6.6Zn/c7-31(8,9)25-1-2(26-32(10,11)12)4(28-34(16,17)18)6(30-36(22,23)24)5(29-35(19,20)21)3(1)27-33(13,14)15;;;;;;/h1-6H,(H2,7,8,9)(H2,10,11,12)(H2,13,14,15)(H2,16,17,18)(H2,19,20,21)(H2,22,23,24);;;;;;/q;6*+2/p-12/t1-,2-,3-,4+,5-,6-;;;;;;. The van der Waals surface area contributed by atoms with Crippen LogP contribution in [0.5, 0.6) is 0 Å². The van der Waals surface area contributed by atoms with E-state index in [1.807, 2.05) is 0 Å². The molecular formula is C6H6O24P6Zn6. The van der Waals surface area contributed by atoms with E-state index in [0.717, 1.165) is 0 Å². The fourth-order valence-corrected chi connectivity index (χ4v) is 5.96. The Bertz CT molecular complexity index is 843. The largest absolute Gasteiger partial charge is 2.00 e. The summed E-state index contributed by atoms with van der Waals surface area (Å²) in [5.74, 6) is 0. The van der Waals surface area contributed by atoms with Crippen LogP contribution in [0, 0.1) is 0 Å². The van der Waals surface area contributed by atoms with Crippen LogP contribution in [0.15, 0.2) is 0 Å². The van der Waals surface area contributed by atoms with Gasteiger partial charge in [-0.3, -0.25) is 0 Å². The maximum Gasteiger partial charge on any atom is 2.00 e. The molecule has 0 aliphatic heterocycles. The first kappa shape index (κ1) is 58.6. The second-order valence-electron chi connectivity index (χ2n) is 6.10. The van der Waals surface area contributed by atoms with Crippen LogP contribution in [0.2, 0.25) is 0 Å². The van der Waals surface area contributed by atoms with Gasteiger partial charge in [0.2, 0.25) is 0 Å². The van der Waals surface area contributed by atoms with Gasteiger partial charge in [-0.2, -0.15) is 0 Å². The molecule has 0 unspecified atom stereocenters. The van der Waals surface area contributed by atoms with Gasteiger partial charge >= 0.3 is 117 Å². The van der Waals surface area contributed by atoms with Crippen molar-refractivity contribution in [1.82, 2.24) is 0 Å². The first-order valence-corrected chi connectivity index (χ1v) is 16.6. The number of phosphoric acid groups is 6. The summed E-state index contributed by atoms with van der Waals surface area (Å²) in [5.41, 5.74) is 0. The molecule has 36 heteroatoms. The molecule has 1 aliphatic rings. The number of phosphoric ester groups is 6. The maximum atomic E-state index is 11.1. The third-order valence-corrected chi connectivity index (χ3v) is 6.46. The average molecular weight is 1040 g/mol. The molecule has 0 aromatic rings. The van der Waals surface area contributed by atoms with Crippen LogP contribution in [-0.2, 0) is 171 Å². The predicted octanol–water partition coefficient (Wildman–Crippen LogP) is -10.7. The zero-order valence-electron chi connectivity index (χ0n) is 20.2. The van der Waals surface area contributed by atoms with Crippen molar-refractivity contribution in [3.8, 4) is 0 Å². The molecule has 0 N–H and O–H groups in total. The Morgan fingerprint density at radius 1 is 0.262 bits per heavy atom. The molecule has 0 saturated heterocycles. The molecular weight excluding hydrogens is 1030 g/mol. The summed E-state index contributed by atoms with van der Waals surface area (Å²) < 4.78 is 88.3. The molecule has 0 aromatic heterocycles. The van der Waals surface area contributed by atoms with Crippen molar-refractivity contribution in [3.05, 3.63) is 0 Å². The number of rotatable bonds is 12. The van der Waals surface area contributed by atoms with Gasteiger partial charge in [-0.25, -0.2) is 0 Å². The number of hydrogen-bond acceptors (Lipinski definition) is 24. The summed E-state index contributed by atoms with van der Waals surface area (Å²) in [4.78, 5) is 133. The average Bonchev–Trinajstić information content (AvgIpc) is 2.51. The summed E-state index contributed by atoms with van der Waals surface area (Å²) in [6.45, 7) is 0. The Kier molecular flexibility index (Phi) is 30.1. The minimum Gasteiger partial charge on any atom is -0.790 e. The van der Waals surface area contributed by atoms with Crippen LogP contribution in [-0.4, -0.2) is 36.6 Å². The van der Waals surface area contributed by atoms with Gasteiger partial charge < -0.3 is 113 Å². The summed E-state index contributed by atoms with van der Waals surface area (Å²) in [7, 11) is -40.1. The van der Waals surface area contributed by atoms with Gasteiger partial charge in [-0.05, 0) is 0 Å². The summed E-state index contributed by atoms with van der Waals surface area (Å²) >= 11 is 0. The van der Waals surface area contributed by atoms with Gasteiger partial charge in [0.15, 0.2) is 0 Å². The fraction of sp³-hybridized carbons (Fsp3) is 1.00.